The van der Waals surface area contributed by atoms with Crippen LogP contribution in [0.1, 0.15) is 35.9 Å². The first-order valence-corrected chi connectivity index (χ1v) is 6.24. The van der Waals surface area contributed by atoms with Crippen molar-refractivity contribution in [1.29, 1.82) is 0 Å². The summed E-state index contributed by atoms with van der Waals surface area (Å²) in [6.07, 6.45) is 3.00. The second kappa shape index (κ2) is 4.97. The van der Waals surface area contributed by atoms with Crippen molar-refractivity contribution in [2.45, 2.75) is 19.9 Å². The van der Waals surface area contributed by atoms with Gasteiger partial charge in [0.25, 0.3) is 0 Å². The van der Waals surface area contributed by atoms with Gasteiger partial charge in [0.05, 0.1) is 25.1 Å². The van der Waals surface area contributed by atoms with Gasteiger partial charge in [-0.3, -0.25) is 9.48 Å². The van der Waals surface area contributed by atoms with Crippen molar-refractivity contribution in [3.63, 3.8) is 0 Å². The Labute approximate surface area is 113 Å². The van der Waals surface area contributed by atoms with E-state index in [-0.39, 0.29) is 11.8 Å². The molecule has 2 aromatic heterocycles. The van der Waals surface area contributed by atoms with E-state index in [1.54, 1.807) is 16.9 Å². The molecule has 5 nitrogen and oxygen atoms in total. The number of carbonyl (C=O) groups is 1. The highest BCUT2D eigenvalue weighted by Gasteiger charge is 2.25. The van der Waals surface area contributed by atoms with Crippen molar-refractivity contribution in [3.05, 3.63) is 34.5 Å². The number of hydrogen-bond donors (Lipinski definition) is 0. The van der Waals surface area contributed by atoms with Crippen LogP contribution in [0.5, 0.6) is 5.75 Å². The molecule has 0 N–H and O–H groups in total. The number of rotatable bonds is 4. The summed E-state index contributed by atoms with van der Waals surface area (Å²) in [5, 5.41) is 4.17. The number of aromatic nitrogens is 2. The zero-order valence-electron chi connectivity index (χ0n) is 10.3. The summed E-state index contributed by atoms with van der Waals surface area (Å²) >= 11 is 3.20. The molecule has 0 amide bonds. The van der Waals surface area contributed by atoms with Crippen molar-refractivity contribution < 1.29 is 13.9 Å². The molecule has 18 heavy (non-hydrogen) atoms. The summed E-state index contributed by atoms with van der Waals surface area (Å²) in [6.45, 7) is 3.90. The summed E-state index contributed by atoms with van der Waals surface area (Å²) in [4.78, 5) is 12.5. The van der Waals surface area contributed by atoms with Gasteiger partial charge in [0.2, 0.25) is 5.78 Å². The molecular weight excluding hydrogens is 300 g/mol. The van der Waals surface area contributed by atoms with Crippen molar-refractivity contribution in [3.8, 4) is 5.75 Å². The summed E-state index contributed by atoms with van der Waals surface area (Å²) in [5.41, 5.74) is 0.880. The number of halogens is 1. The van der Waals surface area contributed by atoms with Gasteiger partial charge in [0, 0.05) is 6.04 Å². The van der Waals surface area contributed by atoms with Crippen LogP contribution in [-0.4, -0.2) is 22.7 Å². The third kappa shape index (κ3) is 2.08. The maximum Gasteiger partial charge on any atom is 0.219 e. The lowest BCUT2D eigenvalue weighted by atomic mass is 10.1. The first kappa shape index (κ1) is 12.9. The molecule has 0 saturated heterocycles. The molecule has 2 heterocycles. The van der Waals surface area contributed by atoms with Gasteiger partial charge in [-0.25, -0.2) is 0 Å². The van der Waals surface area contributed by atoms with Crippen LogP contribution in [0.15, 0.2) is 27.6 Å². The van der Waals surface area contributed by atoms with Gasteiger partial charge < -0.3 is 9.15 Å². The quantitative estimate of drug-likeness (QED) is 0.814. The molecule has 0 bridgehead atoms. The minimum atomic E-state index is -0.182. The summed E-state index contributed by atoms with van der Waals surface area (Å²) < 4.78 is 12.3. The first-order chi connectivity index (χ1) is 8.56. The Hall–Kier alpha value is -1.56. The Morgan fingerprint density at radius 3 is 2.78 bits per heavy atom. The topological polar surface area (TPSA) is 57.3 Å². The summed E-state index contributed by atoms with van der Waals surface area (Å²) in [6, 6.07) is 1.68. The number of methoxy groups -OCH3 is 1. The number of nitrogens with zero attached hydrogens (tertiary/aromatic N) is 2. The monoisotopic (exact) mass is 312 g/mol. The second-order valence-electron chi connectivity index (χ2n) is 4.04. The van der Waals surface area contributed by atoms with Crippen molar-refractivity contribution in [2.75, 3.05) is 7.11 Å². The first-order valence-electron chi connectivity index (χ1n) is 5.45. The Morgan fingerprint density at radius 1 is 1.56 bits per heavy atom. The average Bonchev–Trinajstić information content (AvgIpc) is 2.93. The SMILES string of the molecule is COc1cnn(C(C)C)c1C(=O)c1ccoc1Br. The predicted octanol–water partition coefficient (Wildman–Crippen LogP) is 3.06. The Balaban J connectivity index is 2.53. The summed E-state index contributed by atoms with van der Waals surface area (Å²) in [7, 11) is 1.52. The number of carbonyl (C=O) groups excluding carboxylic acids is 1. The van der Waals surface area contributed by atoms with E-state index < -0.39 is 0 Å². The van der Waals surface area contributed by atoms with Crippen molar-refractivity contribution in [2.24, 2.45) is 0 Å². The van der Waals surface area contributed by atoms with Crippen LogP contribution in [0.4, 0.5) is 0 Å². The Morgan fingerprint density at radius 2 is 2.28 bits per heavy atom. The molecule has 0 aliphatic carbocycles. The van der Waals surface area contributed by atoms with E-state index in [1.165, 1.54) is 13.4 Å². The van der Waals surface area contributed by atoms with Gasteiger partial charge in [-0.05, 0) is 35.8 Å². The fraction of sp³-hybridized carbons (Fsp3) is 0.333. The molecular formula is C12H13BrN2O3. The number of ketones is 1. The van der Waals surface area contributed by atoms with E-state index in [9.17, 15) is 4.79 Å². The van der Waals surface area contributed by atoms with Crippen LogP contribution in [0.25, 0.3) is 0 Å². The molecule has 0 spiro atoms. The number of hydrogen-bond acceptors (Lipinski definition) is 4. The van der Waals surface area contributed by atoms with Crippen LogP contribution in [0.3, 0.4) is 0 Å². The van der Waals surface area contributed by atoms with Crippen LogP contribution in [0, 0.1) is 0 Å². The van der Waals surface area contributed by atoms with Gasteiger partial charge >= 0.3 is 0 Å². The molecule has 0 saturated carbocycles. The molecule has 2 aromatic rings. The average molecular weight is 313 g/mol. The highest BCUT2D eigenvalue weighted by molar-refractivity contribution is 9.10. The van der Waals surface area contributed by atoms with Gasteiger partial charge in [0.1, 0.15) is 0 Å². The molecule has 0 aliphatic heterocycles. The lowest BCUT2D eigenvalue weighted by Crippen LogP contribution is -2.14. The lowest BCUT2D eigenvalue weighted by Gasteiger charge is -2.10. The van der Waals surface area contributed by atoms with E-state index in [1.807, 2.05) is 13.8 Å². The van der Waals surface area contributed by atoms with Crippen molar-refractivity contribution >= 4 is 21.7 Å². The van der Waals surface area contributed by atoms with E-state index in [0.29, 0.717) is 21.7 Å². The molecule has 0 aromatic carbocycles. The fourth-order valence-corrected chi connectivity index (χ4v) is 2.11. The number of ether oxygens (including phenoxy) is 1. The van der Waals surface area contributed by atoms with Crippen LogP contribution < -0.4 is 4.74 Å². The van der Waals surface area contributed by atoms with E-state index in [2.05, 4.69) is 21.0 Å². The van der Waals surface area contributed by atoms with Crippen LogP contribution >= 0.6 is 15.9 Å². The van der Waals surface area contributed by atoms with E-state index >= 15 is 0 Å². The highest BCUT2D eigenvalue weighted by Crippen LogP contribution is 2.27. The van der Waals surface area contributed by atoms with Gasteiger partial charge in [-0.2, -0.15) is 5.10 Å². The van der Waals surface area contributed by atoms with E-state index in [4.69, 9.17) is 9.15 Å². The third-order valence-electron chi connectivity index (χ3n) is 2.55. The largest absolute Gasteiger partial charge is 0.493 e. The summed E-state index contributed by atoms with van der Waals surface area (Å²) in [5.74, 6) is 0.278. The fourth-order valence-electron chi connectivity index (χ4n) is 1.69. The zero-order valence-corrected chi connectivity index (χ0v) is 11.9. The highest BCUT2D eigenvalue weighted by atomic mass is 79.9. The third-order valence-corrected chi connectivity index (χ3v) is 3.16. The van der Waals surface area contributed by atoms with Crippen LogP contribution in [-0.2, 0) is 0 Å². The molecule has 6 heteroatoms. The van der Waals surface area contributed by atoms with Crippen molar-refractivity contribution in [1.82, 2.24) is 9.78 Å². The lowest BCUT2D eigenvalue weighted by molar-refractivity contribution is 0.102. The normalized spacial score (nSPS) is 10.9. The standard InChI is InChI=1S/C12H13BrN2O3/c1-7(2)15-10(9(17-3)6-14-15)11(16)8-4-5-18-12(8)13/h4-7H,1-3H3. The zero-order chi connectivity index (χ0) is 13.3. The maximum absolute atomic E-state index is 12.5. The minimum absolute atomic E-state index is 0.0681. The Bertz CT molecular complexity index is 572. The van der Waals surface area contributed by atoms with Gasteiger partial charge in [-0.15, -0.1) is 0 Å². The second-order valence-corrected chi connectivity index (χ2v) is 4.76. The predicted molar refractivity (Wildman–Crippen MR) is 69.0 cm³/mol. The minimum Gasteiger partial charge on any atom is -0.493 e. The Kier molecular flexibility index (Phi) is 3.56. The molecule has 0 atom stereocenters. The molecule has 96 valence electrons. The molecule has 0 fully saturated rings. The van der Waals surface area contributed by atoms with Crippen LogP contribution in [0.2, 0.25) is 0 Å². The molecule has 0 aliphatic rings. The maximum atomic E-state index is 12.5. The molecule has 0 unspecified atom stereocenters. The molecule has 2 rings (SSSR count). The smallest absolute Gasteiger partial charge is 0.219 e. The van der Waals surface area contributed by atoms with Gasteiger partial charge in [0.15, 0.2) is 16.1 Å². The molecule has 0 radical (unpaired) electrons. The van der Waals surface area contributed by atoms with Gasteiger partial charge in [-0.1, -0.05) is 0 Å². The van der Waals surface area contributed by atoms with E-state index in [0.717, 1.165) is 0 Å². The number of furan rings is 1.